The molecule has 0 bridgehead atoms. The Morgan fingerprint density at radius 3 is 2.50 bits per heavy atom. The number of aryl methyl sites for hydroxylation is 3. The van der Waals surface area contributed by atoms with E-state index in [2.05, 4.69) is 40.7 Å². The van der Waals surface area contributed by atoms with Gasteiger partial charge in [-0.05, 0) is 55.7 Å². The molecule has 3 aromatic rings. The van der Waals surface area contributed by atoms with Crippen LogP contribution in [0.1, 0.15) is 32.7 Å². The summed E-state index contributed by atoms with van der Waals surface area (Å²) in [5.41, 5.74) is 6.68. The average Bonchev–Trinajstić information content (AvgIpc) is 2.63. The van der Waals surface area contributed by atoms with Crippen LogP contribution >= 0.6 is 0 Å². The van der Waals surface area contributed by atoms with Crippen LogP contribution in [0.15, 0.2) is 60.8 Å². The lowest BCUT2D eigenvalue weighted by atomic mass is 10.1. The molecule has 4 heteroatoms. The standard InChI is InChI=1S/C22H23N3O/c1-15-5-4-6-18(11-15)13-23-19-9-10-20(24-14-19)22(26)25-21-12-16(2)7-8-17(21)3/h4-12,14,23H,13H2,1-3H3,(H,25,26). The fourth-order valence-corrected chi connectivity index (χ4v) is 2.72. The third-order valence-corrected chi connectivity index (χ3v) is 4.22. The third kappa shape index (κ3) is 4.48. The highest BCUT2D eigenvalue weighted by atomic mass is 16.1. The van der Waals surface area contributed by atoms with E-state index in [0.717, 1.165) is 29.0 Å². The molecule has 4 nitrogen and oxygen atoms in total. The molecular weight excluding hydrogens is 322 g/mol. The van der Waals surface area contributed by atoms with E-state index in [4.69, 9.17) is 0 Å². The third-order valence-electron chi connectivity index (χ3n) is 4.22. The van der Waals surface area contributed by atoms with Crippen LogP contribution < -0.4 is 10.6 Å². The zero-order valence-electron chi connectivity index (χ0n) is 15.3. The Kier molecular flexibility index (Phi) is 5.32. The van der Waals surface area contributed by atoms with Crippen molar-refractivity contribution in [1.29, 1.82) is 0 Å². The Balaban J connectivity index is 1.63. The maximum atomic E-state index is 12.4. The average molecular weight is 345 g/mol. The molecule has 0 atom stereocenters. The minimum atomic E-state index is -0.205. The number of nitrogens with one attached hydrogen (secondary N) is 2. The highest BCUT2D eigenvalue weighted by Crippen LogP contribution is 2.17. The lowest BCUT2D eigenvalue weighted by Crippen LogP contribution is -2.14. The molecule has 3 rings (SSSR count). The summed E-state index contributed by atoms with van der Waals surface area (Å²) >= 11 is 0. The van der Waals surface area contributed by atoms with E-state index >= 15 is 0 Å². The number of benzene rings is 2. The molecule has 26 heavy (non-hydrogen) atoms. The second kappa shape index (κ2) is 7.83. The van der Waals surface area contributed by atoms with Crippen molar-refractivity contribution in [1.82, 2.24) is 4.98 Å². The summed E-state index contributed by atoms with van der Waals surface area (Å²) in [4.78, 5) is 16.7. The van der Waals surface area contributed by atoms with Gasteiger partial charge in [0.1, 0.15) is 5.69 Å². The topological polar surface area (TPSA) is 54.0 Å². The number of carbonyl (C=O) groups excluding carboxylic acids is 1. The molecule has 0 radical (unpaired) electrons. The number of hydrogen-bond donors (Lipinski definition) is 2. The molecule has 1 heterocycles. The number of anilines is 2. The first-order chi connectivity index (χ1) is 12.5. The number of pyridine rings is 1. The minimum Gasteiger partial charge on any atom is -0.380 e. The van der Waals surface area contributed by atoms with Gasteiger partial charge in [-0.25, -0.2) is 4.98 Å². The monoisotopic (exact) mass is 345 g/mol. The summed E-state index contributed by atoms with van der Waals surface area (Å²) in [7, 11) is 0. The van der Waals surface area contributed by atoms with Crippen LogP contribution in [0.25, 0.3) is 0 Å². The van der Waals surface area contributed by atoms with Gasteiger partial charge < -0.3 is 10.6 Å². The molecule has 0 aliphatic heterocycles. The number of rotatable bonds is 5. The number of amides is 1. The Morgan fingerprint density at radius 1 is 0.962 bits per heavy atom. The van der Waals surface area contributed by atoms with Crippen molar-refractivity contribution in [3.63, 3.8) is 0 Å². The zero-order valence-corrected chi connectivity index (χ0v) is 15.3. The number of hydrogen-bond acceptors (Lipinski definition) is 3. The second-order valence-corrected chi connectivity index (χ2v) is 6.55. The van der Waals surface area contributed by atoms with Crippen LogP contribution in [0.2, 0.25) is 0 Å². The van der Waals surface area contributed by atoms with Gasteiger partial charge in [0.05, 0.1) is 11.9 Å². The van der Waals surface area contributed by atoms with Gasteiger partial charge in [-0.15, -0.1) is 0 Å². The van der Waals surface area contributed by atoms with E-state index in [1.165, 1.54) is 11.1 Å². The van der Waals surface area contributed by atoms with Gasteiger partial charge >= 0.3 is 0 Å². The Bertz CT molecular complexity index is 917. The number of nitrogens with zero attached hydrogens (tertiary/aromatic N) is 1. The molecule has 0 aliphatic carbocycles. The lowest BCUT2D eigenvalue weighted by molar-refractivity contribution is 0.102. The molecule has 0 aliphatic rings. The SMILES string of the molecule is Cc1cccc(CNc2ccc(C(=O)Nc3cc(C)ccc3C)nc2)c1. The molecule has 0 saturated heterocycles. The molecule has 1 aromatic heterocycles. The van der Waals surface area contributed by atoms with Crippen LogP contribution in [-0.2, 0) is 6.54 Å². The van der Waals surface area contributed by atoms with Crippen LogP contribution in [0.3, 0.4) is 0 Å². The minimum absolute atomic E-state index is 0.205. The fraction of sp³-hybridized carbons (Fsp3) is 0.182. The highest BCUT2D eigenvalue weighted by Gasteiger charge is 2.09. The molecule has 0 fully saturated rings. The van der Waals surface area contributed by atoms with Gasteiger partial charge in [-0.1, -0.05) is 42.0 Å². The Hall–Kier alpha value is -3.14. The summed E-state index contributed by atoms with van der Waals surface area (Å²) < 4.78 is 0. The number of aromatic nitrogens is 1. The van der Waals surface area contributed by atoms with Crippen molar-refractivity contribution in [2.24, 2.45) is 0 Å². The van der Waals surface area contributed by atoms with E-state index in [9.17, 15) is 4.79 Å². The summed E-state index contributed by atoms with van der Waals surface area (Å²) in [6.45, 7) is 6.77. The van der Waals surface area contributed by atoms with Gasteiger partial charge in [0.25, 0.3) is 5.91 Å². The van der Waals surface area contributed by atoms with Gasteiger partial charge in [0.15, 0.2) is 0 Å². The van der Waals surface area contributed by atoms with Crippen molar-refractivity contribution in [2.45, 2.75) is 27.3 Å². The largest absolute Gasteiger partial charge is 0.380 e. The van der Waals surface area contributed by atoms with Crippen LogP contribution in [0.5, 0.6) is 0 Å². The molecule has 132 valence electrons. The Morgan fingerprint density at radius 2 is 1.77 bits per heavy atom. The first-order valence-electron chi connectivity index (χ1n) is 8.65. The van der Waals surface area contributed by atoms with Crippen LogP contribution in [0, 0.1) is 20.8 Å². The zero-order chi connectivity index (χ0) is 18.5. The first kappa shape index (κ1) is 17.7. The van der Waals surface area contributed by atoms with Crippen molar-refractivity contribution >= 4 is 17.3 Å². The van der Waals surface area contributed by atoms with Crippen molar-refractivity contribution < 1.29 is 4.79 Å². The maximum absolute atomic E-state index is 12.4. The van der Waals surface area contributed by atoms with Crippen molar-refractivity contribution in [2.75, 3.05) is 10.6 Å². The van der Waals surface area contributed by atoms with E-state index in [1.807, 2.05) is 44.2 Å². The Labute approximate surface area is 154 Å². The fourth-order valence-electron chi connectivity index (χ4n) is 2.72. The van der Waals surface area contributed by atoms with Crippen molar-refractivity contribution in [3.05, 3.63) is 88.7 Å². The summed E-state index contributed by atoms with van der Waals surface area (Å²) in [5, 5.41) is 6.26. The first-order valence-corrected chi connectivity index (χ1v) is 8.65. The lowest BCUT2D eigenvalue weighted by Gasteiger charge is -2.10. The normalized spacial score (nSPS) is 10.4. The van der Waals surface area contributed by atoms with Crippen LogP contribution in [0.4, 0.5) is 11.4 Å². The molecule has 0 unspecified atom stereocenters. The molecule has 1 amide bonds. The predicted octanol–water partition coefficient (Wildman–Crippen LogP) is 4.87. The van der Waals surface area contributed by atoms with Gasteiger partial charge in [0.2, 0.25) is 0 Å². The van der Waals surface area contributed by atoms with E-state index in [-0.39, 0.29) is 5.91 Å². The predicted molar refractivity (Wildman–Crippen MR) is 107 cm³/mol. The van der Waals surface area contributed by atoms with Gasteiger partial charge in [-0.2, -0.15) is 0 Å². The summed E-state index contributed by atoms with van der Waals surface area (Å²) in [6.07, 6.45) is 1.69. The number of carbonyl (C=O) groups is 1. The highest BCUT2D eigenvalue weighted by molar-refractivity contribution is 6.03. The maximum Gasteiger partial charge on any atom is 0.274 e. The smallest absolute Gasteiger partial charge is 0.274 e. The van der Waals surface area contributed by atoms with E-state index in [0.29, 0.717) is 5.69 Å². The van der Waals surface area contributed by atoms with Gasteiger partial charge in [0, 0.05) is 12.2 Å². The van der Waals surface area contributed by atoms with Crippen molar-refractivity contribution in [3.8, 4) is 0 Å². The van der Waals surface area contributed by atoms with E-state index < -0.39 is 0 Å². The second-order valence-electron chi connectivity index (χ2n) is 6.55. The molecule has 2 aromatic carbocycles. The van der Waals surface area contributed by atoms with E-state index in [1.54, 1.807) is 12.3 Å². The molecular formula is C22H23N3O. The molecule has 0 saturated carbocycles. The molecule has 0 spiro atoms. The quantitative estimate of drug-likeness (QED) is 0.693. The van der Waals surface area contributed by atoms with Gasteiger partial charge in [-0.3, -0.25) is 4.79 Å². The summed E-state index contributed by atoms with van der Waals surface area (Å²) in [6, 6.07) is 17.9. The molecule has 2 N–H and O–H groups in total. The van der Waals surface area contributed by atoms with Crippen LogP contribution in [-0.4, -0.2) is 10.9 Å². The summed E-state index contributed by atoms with van der Waals surface area (Å²) in [5.74, 6) is -0.205.